The molecule has 0 saturated carbocycles. The summed E-state index contributed by atoms with van der Waals surface area (Å²) < 4.78 is 5.90. The molecule has 0 bridgehead atoms. The third-order valence-corrected chi connectivity index (χ3v) is 5.78. The highest BCUT2D eigenvalue weighted by atomic mass is 16.5. The van der Waals surface area contributed by atoms with Crippen molar-refractivity contribution < 1.29 is 4.74 Å². The van der Waals surface area contributed by atoms with Gasteiger partial charge in [0.2, 0.25) is 0 Å². The van der Waals surface area contributed by atoms with E-state index in [0.29, 0.717) is 0 Å². The van der Waals surface area contributed by atoms with E-state index in [1.165, 1.54) is 69.8 Å². The van der Waals surface area contributed by atoms with E-state index in [1.807, 2.05) is 24.5 Å². The molecule has 0 N–H and O–H groups in total. The van der Waals surface area contributed by atoms with Crippen LogP contribution in [0.2, 0.25) is 0 Å². The molecule has 0 spiro atoms. The van der Waals surface area contributed by atoms with Crippen molar-refractivity contribution in [3.8, 4) is 17.1 Å². The summed E-state index contributed by atoms with van der Waals surface area (Å²) in [5.74, 6) is 2.56. The first-order valence-corrected chi connectivity index (χ1v) is 12.3. The molecule has 0 fully saturated rings. The summed E-state index contributed by atoms with van der Waals surface area (Å²) in [6, 6.07) is 8.17. The lowest BCUT2D eigenvalue weighted by Gasteiger charge is -2.10. The molecule has 2 aromatic rings. The zero-order chi connectivity index (χ0) is 21.4. The van der Waals surface area contributed by atoms with Crippen LogP contribution in [0.1, 0.15) is 97.0 Å². The Morgan fingerprint density at radius 2 is 1.47 bits per heavy atom. The second-order valence-electron chi connectivity index (χ2n) is 8.70. The molecule has 1 heterocycles. The van der Waals surface area contributed by atoms with Crippen molar-refractivity contribution >= 4 is 0 Å². The lowest BCUT2D eigenvalue weighted by molar-refractivity contribution is 0.299. The summed E-state index contributed by atoms with van der Waals surface area (Å²) in [6.45, 7) is 7.67. The number of rotatable bonds is 16. The largest absolute Gasteiger partial charge is 0.494 e. The molecule has 0 radical (unpaired) electrons. The zero-order valence-corrected chi connectivity index (χ0v) is 19.5. The van der Waals surface area contributed by atoms with Crippen LogP contribution in [0.4, 0.5) is 0 Å². The molecule has 1 aromatic carbocycles. The Bertz CT molecular complexity index is 666. The third-order valence-electron chi connectivity index (χ3n) is 5.78. The summed E-state index contributed by atoms with van der Waals surface area (Å²) in [7, 11) is 0. The quantitative estimate of drug-likeness (QED) is 0.263. The molecule has 0 saturated heterocycles. The Labute approximate surface area is 184 Å². The topological polar surface area (TPSA) is 35.0 Å². The highest BCUT2D eigenvalue weighted by Crippen LogP contribution is 2.20. The van der Waals surface area contributed by atoms with Crippen molar-refractivity contribution in [2.75, 3.05) is 6.61 Å². The van der Waals surface area contributed by atoms with Crippen molar-refractivity contribution in [1.29, 1.82) is 0 Å². The van der Waals surface area contributed by atoms with Gasteiger partial charge in [0, 0.05) is 18.0 Å². The van der Waals surface area contributed by atoms with Crippen molar-refractivity contribution in [1.82, 2.24) is 9.97 Å². The molecule has 1 unspecified atom stereocenters. The molecule has 2 rings (SSSR count). The molecule has 1 atom stereocenters. The Morgan fingerprint density at radius 3 is 2.17 bits per heavy atom. The number of hydrogen-bond donors (Lipinski definition) is 0. The van der Waals surface area contributed by atoms with Crippen LogP contribution in [0, 0.1) is 5.92 Å². The maximum Gasteiger partial charge on any atom is 0.159 e. The number of ether oxygens (including phenoxy) is 1. The van der Waals surface area contributed by atoms with Crippen LogP contribution in [-0.4, -0.2) is 16.6 Å². The molecule has 0 aliphatic carbocycles. The molecular weight excluding hydrogens is 368 g/mol. The summed E-state index contributed by atoms with van der Waals surface area (Å²) in [6.07, 6.45) is 19.3. The van der Waals surface area contributed by atoms with Gasteiger partial charge in [-0.3, -0.25) is 0 Å². The molecule has 30 heavy (non-hydrogen) atoms. The molecule has 0 amide bonds. The molecule has 1 aromatic heterocycles. The summed E-state index contributed by atoms with van der Waals surface area (Å²) in [5.41, 5.74) is 2.28. The zero-order valence-electron chi connectivity index (χ0n) is 19.5. The first kappa shape index (κ1) is 24.4. The number of benzene rings is 1. The second kappa shape index (κ2) is 15.0. The highest BCUT2D eigenvalue weighted by molar-refractivity contribution is 5.55. The van der Waals surface area contributed by atoms with Crippen LogP contribution < -0.4 is 4.74 Å². The summed E-state index contributed by atoms with van der Waals surface area (Å²) >= 11 is 0. The Hall–Kier alpha value is -1.90. The van der Waals surface area contributed by atoms with Gasteiger partial charge in [-0.2, -0.15) is 0 Å². The summed E-state index contributed by atoms with van der Waals surface area (Å²) in [5, 5.41) is 0. The van der Waals surface area contributed by atoms with E-state index in [4.69, 9.17) is 4.74 Å². The van der Waals surface area contributed by atoms with Crippen molar-refractivity contribution in [2.24, 2.45) is 5.92 Å². The third kappa shape index (κ3) is 9.73. The van der Waals surface area contributed by atoms with E-state index in [9.17, 15) is 0 Å². The van der Waals surface area contributed by atoms with Crippen LogP contribution in [0.15, 0.2) is 36.7 Å². The standard InChI is InChI=1S/C27H42N2O/c1-4-6-7-8-9-10-15-24-21-28-27(29-22-24)25-16-18-26(19-17-25)30-20-12-11-14-23(3)13-5-2/h16-19,21-23H,4-15,20H2,1-3H3. The fourth-order valence-electron chi connectivity index (χ4n) is 3.86. The van der Waals surface area contributed by atoms with E-state index in [2.05, 4.69) is 42.9 Å². The number of nitrogens with zero attached hydrogens (tertiary/aromatic N) is 2. The van der Waals surface area contributed by atoms with E-state index < -0.39 is 0 Å². The van der Waals surface area contributed by atoms with Crippen molar-refractivity contribution in [3.63, 3.8) is 0 Å². The Kier molecular flexibility index (Phi) is 12.2. The maximum absolute atomic E-state index is 5.90. The SMILES string of the molecule is CCCCCCCCc1cnc(-c2ccc(OCCCCC(C)CCC)cc2)nc1. The van der Waals surface area contributed by atoms with Gasteiger partial charge in [0.15, 0.2) is 5.82 Å². The maximum atomic E-state index is 5.90. The van der Waals surface area contributed by atoms with Gasteiger partial charge in [-0.15, -0.1) is 0 Å². The average molecular weight is 411 g/mol. The minimum Gasteiger partial charge on any atom is -0.494 e. The van der Waals surface area contributed by atoms with Crippen LogP contribution >= 0.6 is 0 Å². The normalized spacial score (nSPS) is 12.1. The predicted molar refractivity (Wildman–Crippen MR) is 128 cm³/mol. The van der Waals surface area contributed by atoms with Gasteiger partial charge in [-0.25, -0.2) is 9.97 Å². The molecule has 3 heteroatoms. The second-order valence-corrected chi connectivity index (χ2v) is 8.70. The first-order chi connectivity index (χ1) is 14.7. The van der Waals surface area contributed by atoms with Crippen LogP contribution in [0.25, 0.3) is 11.4 Å². The fourth-order valence-corrected chi connectivity index (χ4v) is 3.86. The van der Waals surface area contributed by atoms with Gasteiger partial charge >= 0.3 is 0 Å². The number of hydrogen-bond acceptors (Lipinski definition) is 3. The molecule has 0 aliphatic heterocycles. The van der Waals surface area contributed by atoms with Crippen LogP contribution in [0.3, 0.4) is 0 Å². The molecule has 3 nitrogen and oxygen atoms in total. The van der Waals surface area contributed by atoms with Crippen LogP contribution in [-0.2, 0) is 6.42 Å². The van der Waals surface area contributed by atoms with Crippen molar-refractivity contribution in [3.05, 3.63) is 42.2 Å². The highest BCUT2D eigenvalue weighted by Gasteiger charge is 2.04. The van der Waals surface area contributed by atoms with E-state index in [1.54, 1.807) is 0 Å². The van der Waals surface area contributed by atoms with Crippen molar-refractivity contribution in [2.45, 2.75) is 97.8 Å². The molecule has 166 valence electrons. The van der Waals surface area contributed by atoms with Gasteiger partial charge in [-0.05, 0) is 61.4 Å². The predicted octanol–water partition coefficient (Wildman–Crippen LogP) is 8.03. The Balaban J connectivity index is 1.68. The molecular formula is C27H42N2O. The van der Waals surface area contributed by atoms with E-state index in [-0.39, 0.29) is 0 Å². The first-order valence-electron chi connectivity index (χ1n) is 12.3. The van der Waals surface area contributed by atoms with Gasteiger partial charge in [-0.1, -0.05) is 72.1 Å². The molecule has 0 aliphatic rings. The van der Waals surface area contributed by atoms with Gasteiger partial charge in [0.25, 0.3) is 0 Å². The summed E-state index contributed by atoms with van der Waals surface area (Å²) in [4.78, 5) is 9.15. The van der Waals surface area contributed by atoms with E-state index >= 15 is 0 Å². The van der Waals surface area contributed by atoms with Crippen LogP contribution in [0.5, 0.6) is 5.75 Å². The Morgan fingerprint density at radius 1 is 0.767 bits per heavy atom. The van der Waals surface area contributed by atoms with E-state index in [0.717, 1.165) is 42.5 Å². The minimum absolute atomic E-state index is 0.790. The lowest BCUT2D eigenvalue weighted by Crippen LogP contribution is -2.00. The lowest BCUT2D eigenvalue weighted by atomic mass is 9.99. The fraction of sp³-hybridized carbons (Fsp3) is 0.630. The number of unbranched alkanes of at least 4 members (excludes halogenated alkanes) is 6. The van der Waals surface area contributed by atoms with Gasteiger partial charge in [0.1, 0.15) is 5.75 Å². The average Bonchev–Trinajstić information content (AvgIpc) is 2.77. The minimum atomic E-state index is 0.790. The smallest absolute Gasteiger partial charge is 0.159 e. The van der Waals surface area contributed by atoms with Gasteiger partial charge < -0.3 is 4.74 Å². The number of aromatic nitrogens is 2. The number of aryl methyl sites for hydroxylation is 1. The monoisotopic (exact) mass is 410 g/mol. The van der Waals surface area contributed by atoms with Gasteiger partial charge in [0.05, 0.1) is 6.61 Å².